The summed E-state index contributed by atoms with van der Waals surface area (Å²) in [5, 5.41) is 0. The van der Waals surface area contributed by atoms with Crippen molar-refractivity contribution in [1.82, 2.24) is 0 Å². The molecule has 182 valence electrons. The maximum Gasteiger partial charge on any atom is 0.389 e. The van der Waals surface area contributed by atoms with Crippen LogP contribution in [-0.2, 0) is 9.47 Å². The lowest BCUT2D eigenvalue weighted by molar-refractivity contribution is -0.231. The molecule has 0 N–H and O–H groups in total. The second-order valence-corrected chi connectivity index (χ2v) is 10.7. The number of ether oxygens (including phenoxy) is 2. The second-order valence-electron chi connectivity index (χ2n) is 10.7. The van der Waals surface area contributed by atoms with E-state index >= 15 is 0 Å². The van der Waals surface area contributed by atoms with Crippen molar-refractivity contribution in [2.75, 3.05) is 13.2 Å². The van der Waals surface area contributed by atoms with Gasteiger partial charge in [-0.1, -0.05) is 51.9 Å². The first kappa shape index (κ1) is 25.3. The third-order valence-electron chi connectivity index (χ3n) is 8.29. The predicted molar refractivity (Wildman–Crippen MR) is 119 cm³/mol. The average Bonchev–Trinajstić information content (AvgIpc) is 2.77. The van der Waals surface area contributed by atoms with Crippen LogP contribution in [0.2, 0.25) is 0 Å². The molecule has 1 saturated heterocycles. The second kappa shape index (κ2) is 12.8. The molecule has 0 aromatic rings. The van der Waals surface area contributed by atoms with Crippen molar-refractivity contribution >= 4 is 0 Å². The monoisotopic (exact) mass is 446 g/mol. The summed E-state index contributed by atoms with van der Waals surface area (Å²) in [6.07, 6.45) is 13.6. The van der Waals surface area contributed by atoms with Crippen LogP contribution in [0.5, 0.6) is 0 Å². The van der Waals surface area contributed by atoms with Gasteiger partial charge in [-0.15, -0.1) is 0 Å². The number of halogens is 3. The molecule has 0 spiro atoms. The first-order valence-corrected chi connectivity index (χ1v) is 13.2. The van der Waals surface area contributed by atoms with Crippen LogP contribution in [0, 0.1) is 29.6 Å². The smallest absolute Gasteiger partial charge is 0.352 e. The molecule has 0 bridgehead atoms. The largest absolute Gasteiger partial charge is 0.389 e. The Labute approximate surface area is 188 Å². The van der Waals surface area contributed by atoms with E-state index in [1.807, 2.05) is 0 Å². The van der Waals surface area contributed by atoms with Gasteiger partial charge in [-0.05, 0) is 69.1 Å². The van der Waals surface area contributed by atoms with Crippen molar-refractivity contribution in [3.63, 3.8) is 0 Å². The molecule has 5 heteroatoms. The molecule has 0 atom stereocenters. The van der Waals surface area contributed by atoms with E-state index in [0.717, 1.165) is 17.8 Å². The van der Waals surface area contributed by atoms with Crippen LogP contribution in [0.15, 0.2) is 0 Å². The lowest BCUT2D eigenvalue weighted by atomic mass is 9.68. The van der Waals surface area contributed by atoms with Gasteiger partial charge in [0.2, 0.25) is 0 Å². The molecular weight excluding hydrogens is 401 g/mol. The Bertz CT molecular complexity index is 472. The van der Waals surface area contributed by atoms with E-state index in [9.17, 15) is 13.2 Å². The summed E-state index contributed by atoms with van der Waals surface area (Å²) in [5.41, 5.74) is 0. The molecule has 3 fully saturated rings. The molecule has 3 rings (SSSR count). The Morgan fingerprint density at radius 1 is 0.645 bits per heavy atom. The molecule has 0 aromatic heterocycles. The van der Waals surface area contributed by atoms with Crippen molar-refractivity contribution < 1.29 is 22.6 Å². The summed E-state index contributed by atoms with van der Waals surface area (Å²) in [6, 6.07) is 0. The Balaban J connectivity index is 1.27. The van der Waals surface area contributed by atoms with Gasteiger partial charge in [-0.2, -0.15) is 13.2 Å². The van der Waals surface area contributed by atoms with Gasteiger partial charge in [0.25, 0.3) is 0 Å². The fourth-order valence-electron chi connectivity index (χ4n) is 6.28. The highest BCUT2D eigenvalue weighted by Gasteiger charge is 2.36. The van der Waals surface area contributed by atoms with Crippen LogP contribution in [0.4, 0.5) is 13.2 Å². The topological polar surface area (TPSA) is 18.5 Å². The Kier molecular flexibility index (Phi) is 10.5. The summed E-state index contributed by atoms with van der Waals surface area (Å²) in [7, 11) is 0. The molecule has 1 heterocycles. The van der Waals surface area contributed by atoms with Crippen molar-refractivity contribution in [2.45, 2.75) is 122 Å². The number of rotatable bonds is 10. The highest BCUT2D eigenvalue weighted by atomic mass is 19.4. The number of hydrogen-bond donors (Lipinski definition) is 0. The Morgan fingerprint density at radius 3 is 1.77 bits per heavy atom. The summed E-state index contributed by atoms with van der Waals surface area (Å²) < 4.78 is 48.9. The zero-order chi connectivity index (χ0) is 22.1. The van der Waals surface area contributed by atoms with E-state index in [2.05, 4.69) is 6.92 Å². The van der Waals surface area contributed by atoms with Crippen molar-refractivity contribution in [3.05, 3.63) is 0 Å². The number of unbranched alkanes of at least 4 members (excludes halogenated alkanes) is 3. The maximum absolute atomic E-state index is 12.3. The molecule has 0 radical (unpaired) electrons. The van der Waals surface area contributed by atoms with E-state index in [4.69, 9.17) is 9.47 Å². The quantitative estimate of drug-likeness (QED) is 0.314. The van der Waals surface area contributed by atoms with Crippen LogP contribution in [0.1, 0.15) is 110 Å². The Hall–Kier alpha value is -0.290. The van der Waals surface area contributed by atoms with Gasteiger partial charge in [0, 0.05) is 18.3 Å². The Morgan fingerprint density at radius 2 is 1.19 bits per heavy atom. The average molecular weight is 447 g/mol. The van der Waals surface area contributed by atoms with Gasteiger partial charge in [0.1, 0.15) is 0 Å². The fourth-order valence-corrected chi connectivity index (χ4v) is 6.28. The molecule has 3 aliphatic rings. The summed E-state index contributed by atoms with van der Waals surface area (Å²) in [5.74, 6) is 3.39. The molecule has 0 amide bonds. The normalized spacial score (nSPS) is 35.2. The van der Waals surface area contributed by atoms with Crippen LogP contribution in [0.3, 0.4) is 0 Å². The van der Waals surface area contributed by atoms with E-state index < -0.39 is 12.6 Å². The van der Waals surface area contributed by atoms with Gasteiger partial charge in [0.15, 0.2) is 6.29 Å². The standard InChI is InChI=1S/C26H45F3O2/c1-2-3-4-5-7-20-9-11-22(12-10-20)23-13-15-24(16-14-23)25-30-18-21(19-31-25)8-6-17-26(27,28)29/h20-25H,2-19H2,1H3. The molecule has 2 aliphatic carbocycles. The minimum absolute atomic E-state index is 0.118. The van der Waals surface area contributed by atoms with Crippen LogP contribution >= 0.6 is 0 Å². The van der Waals surface area contributed by atoms with Crippen molar-refractivity contribution in [1.29, 1.82) is 0 Å². The first-order valence-electron chi connectivity index (χ1n) is 13.2. The minimum Gasteiger partial charge on any atom is -0.352 e. The van der Waals surface area contributed by atoms with E-state index in [1.165, 1.54) is 83.5 Å². The lowest BCUT2D eigenvalue weighted by Gasteiger charge is -2.41. The molecule has 2 saturated carbocycles. The summed E-state index contributed by atoms with van der Waals surface area (Å²) in [6.45, 7) is 3.40. The van der Waals surface area contributed by atoms with Crippen molar-refractivity contribution in [3.8, 4) is 0 Å². The van der Waals surface area contributed by atoms with E-state index in [0.29, 0.717) is 25.6 Å². The molecule has 2 nitrogen and oxygen atoms in total. The highest BCUT2D eigenvalue weighted by Crippen LogP contribution is 2.43. The summed E-state index contributed by atoms with van der Waals surface area (Å²) >= 11 is 0. The van der Waals surface area contributed by atoms with Crippen LogP contribution in [-0.4, -0.2) is 25.7 Å². The molecular formula is C26H45F3O2. The zero-order valence-corrected chi connectivity index (χ0v) is 19.6. The van der Waals surface area contributed by atoms with Gasteiger partial charge >= 0.3 is 6.18 Å². The van der Waals surface area contributed by atoms with Crippen molar-refractivity contribution in [2.24, 2.45) is 29.6 Å². The SMILES string of the molecule is CCCCCCC1CCC(C2CCC(C3OCC(CCCC(F)(F)F)CO3)CC2)CC1. The molecule has 0 aromatic carbocycles. The number of hydrogen-bond acceptors (Lipinski definition) is 2. The van der Waals surface area contributed by atoms with Gasteiger partial charge < -0.3 is 9.47 Å². The maximum atomic E-state index is 12.3. The lowest BCUT2D eigenvalue weighted by Crippen LogP contribution is -2.39. The van der Waals surface area contributed by atoms with Crippen LogP contribution in [0.25, 0.3) is 0 Å². The van der Waals surface area contributed by atoms with Crippen LogP contribution < -0.4 is 0 Å². The van der Waals surface area contributed by atoms with Gasteiger partial charge in [-0.3, -0.25) is 0 Å². The highest BCUT2D eigenvalue weighted by molar-refractivity contribution is 4.83. The fraction of sp³-hybridized carbons (Fsp3) is 1.00. The first-order chi connectivity index (χ1) is 14.9. The zero-order valence-electron chi connectivity index (χ0n) is 19.6. The predicted octanol–water partition coefficient (Wildman–Crippen LogP) is 8.29. The molecule has 31 heavy (non-hydrogen) atoms. The van der Waals surface area contributed by atoms with E-state index in [1.54, 1.807) is 0 Å². The number of alkyl halides is 3. The third-order valence-corrected chi connectivity index (χ3v) is 8.29. The van der Waals surface area contributed by atoms with Gasteiger partial charge in [0.05, 0.1) is 13.2 Å². The molecule has 1 aliphatic heterocycles. The van der Waals surface area contributed by atoms with E-state index in [-0.39, 0.29) is 18.6 Å². The summed E-state index contributed by atoms with van der Waals surface area (Å²) in [4.78, 5) is 0. The third kappa shape index (κ3) is 8.87. The molecule has 0 unspecified atom stereocenters. The van der Waals surface area contributed by atoms with Gasteiger partial charge in [-0.25, -0.2) is 0 Å². The minimum atomic E-state index is -4.05.